The van der Waals surface area contributed by atoms with Crippen molar-refractivity contribution in [3.8, 4) is 11.4 Å². The van der Waals surface area contributed by atoms with Crippen molar-refractivity contribution in [3.05, 3.63) is 65.1 Å². The van der Waals surface area contributed by atoms with Gasteiger partial charge in [-0.1, -0.05) is 11.6 Å². The van der Waals surface area contributed by atoms with Crippen molar-refractivity contribution < 1.29 is 9.53 Å². The van der Waals surface area contributed by atoms with E-state index in [1.807, 2.05) is 19.1 Å². The number of carbonyl (C=O) groups is 1. The predicted molar refractivity (Wildman–Crippen MR) is 124 cm³/mol. The van der Waals surface area contributed by atoms with Gasteiger partial charge in [0, 0.05) is 30.5 Å². The van der Waals surface area contributed by atoms with Gasteiger partial charge >= 0.3 is 0 Å². The molecule has 9 heteroatoms. The third-order valence-electron chi connectivity index (χ3n) is 5.31. The fourth-order valence-corrected chi connectivity index (χ4v) is 3.85. The second-order valence-corrected chi connectivity index (χ2v) is 8.03. The van der Waals surface area contributed by atoms with Crippen LogP contribution in [0.15, 0.2) is 48.8 Å². The number of aromatic nitrogens is 4. The van der Waals surface area contributed by atoms with Crippen molar-refractivity contribution in [1.29, 1.82) is 0 Å². The molecule has 1 amide bonds. The monoisotopic (exact) mass is 448 g/mol. The van der Waals surface area contributed by atoms with Crippen LogP contribution in [0.2, 0.25) is 5.02 Å². The minimum Gasteiger partial charge on any atom is -0.378 e. The number of aromatic amines is 1. The van der Waals surface area contributed by atoms with Gasteiger partial charge in [0.25, 0.3) is 5.91 Å². The highest BCUT2D eigenvalue weighted by Gasteiger charge is 2.15. The molecule has 1 saturated heterocycles. The normalized spacial score (nSPS) is 14.0. The van der Waals surface area contributed by atoms with Crippen LogP contribution < -0.4 is 10.2 Å². The lowest BCUT2D eigenvalue weighted by Crippen LogP contribution is -2.36. The summed E-state index contributed by atoms with van der Waals surface area (Å²) in [5.74, 6) is 0.292. The van der Waals surface area contributed by atoms with Gasteiger partial charge < -0.3 is 19.9 Å². The number of fused-ring (bicyclic) bond motifs is 1. The van der Waals surface area contributed by atoms with E-state index in [-0.39, 0.29) is 5.91 Å². The number of ether oxygens (including phenoxy) is 1. The van der Waals surface area contributed by atoms with E-state index in [9.17, 15) is 4.79 Å². The maximum absolute atomic E-state index is 12.7. The van der Waals surface area contributed by atoms with E-state index in [1.165, 1.54) is 0 Å². The van der Waals surface area contributed by atoms with Crippen LogP contribution >= 0.6 is 11.6 Å². The molecule has 0 radical (unpaired) electrons. The van der Waals surface area contributed by atoms with Gasteiger partial charge in [-0.05, 0) is 48.9 Å². The third-order valence-corrected chi connectivity index (χ3v) is 5.64. The molecule has 1 fully saturated rings. The third kappa shape index (κ3) is 4.15. The van der Waals surface area contributed by atoms with Crippen molar-refractivity contribution >= 4 is 40.0 Å². The van der Waals surface area contributed by atoms with Crippen LogP contribution in [0.3, 0.4) is 0 Å². The van der Waals surface area contributed by atoms with E-state index in [4.69, 9.17) is 16.3 Å². The number of hydrogen-bond acceptors (Lipinski definition) is 6. The molecule has 1 aliphatic rings. The Bertz CT molecular complexity index is 1280. The predicted octanol–water partition coefficient (Wildman–Crippen LogP) is 4.07. The number of pyridine rings is 2. The number of hydrogen-bond donors (Lipinski definition) is 2. The number of amides is 1. The molecular weight excluding hydrogens is 428 g/mol. The molecule has 0 spiro atoms. The summed E-state index contributed by atoms with van der Waals surface area (Å²) in [7, 11) is 0. The molecule has 0 saturated carbocycles. The summed E-state index contributed by atoms with van der Waals surface area (Å²) in [6.07, 6.45) is 3.49. The van der Waals surface area contributed by atoms with Crippen molar-refractivity contribution in [2.75, 3.05) is 36.5 Å². The van der Waals surface area contributed by atoms with Gasteiger partial charge in [0.1, 0.15) is 11.5 Å². The molecule has 3 aromatic heterocycles. The first kappa shape index (κ1) is 20.4. The van der Waals surface area contributed by atoms with Crippen LogP contribution in [0.1, 0.15) is 16.1 Å². The first-order valence-corrected chi connectivity index (χ1v) is 10.7. The Morgan fingerprint density at radius 1 is 1.12 bits per heavy atom. The van der Waals surface area contributed by atoms with Crippen LogP contribution in [0.4, 0.5) is 11.4 Å². The molecule has 1 aromatic carbocycles. The second-order valence-electron chi connectivity index (χ2n) is 7.62. The largest absolute Gasteiger partial charge is 0.378 e. The van der Waals surface area contributed by atoms with E-state index in [0.29, 0.717) is 46.7 Å². The number of anilines is 2. The van der Waals surface area contributed by atoms with E-state index in [0.717, 1.165) is 29.9 Å². The number of nitrogens with zero attached hydrogens (tertiary/aromatic N) is 4. The molecule has 0 unspecified atom stereocenters. The standard InChI is InChI=1S/C23H21ClN6O2/c1-14-10-20-22(26-12-14)29-21(28-20)17-11-15(2-4-18(17)24)27-23(31)19-5-3-16(13-25-19)30-6-8-32-9-7-30/h2-5,10-13H,6-9H2,1H3,(H,27,31)(H,26,28,29). The molecule has 2 N–H and O–H groups in total. The number of aryl methyl sites for hydroxylation is 1. The molecule has 5 rings (SSSR count). The number of rotatable bonds is 4. The molecule has 4 aromatic rings. The van der Waals surface area contributed by atoms with Gasteiger partial charge in [-0.3, -0.25) is 4.79 Å². The highest BCUT2D eigenvalue weighted by molar-refractivity contribution is 6.33. The molecular formula is C23H21ClN6O2. The van der Waals surface area contributed by atoms with Crippen LogP contribution in [0.5, 0.6) is 0 Å². The molecule has 32 heavy (non-hydrogen) atoms. The number of H-pyrrole nitrogens is 1. The molecule has 1 aliphatic heterocycles. The summed E-state index contributed by atoms with van der Waals surface area (Å²) < 4.78 is 5.38. The molecule has 4 heterocycles. The smallest absolute Gasteiger partial charge is 0.274 e. The minimum absolute atomic E-state index is 0.298. The Morgan fingerprint density at radius 2 is 1.97 bits per heavy atom. The summed E-state index contributed by atoms with van der Waals surface area (Å²) in [5, 5.41) is 3.41. The van der Waals surface area contributed by atoms with Gasteiger partial charge in [-0.25, -0.2) is 15.0 Å². The molecule has 8 nitrogen and oxygen atoms in total. The summed E-state index contributed by atoms with van der Waals surface area (Å²) >= 11 is 6.42. The van der Waals surface area contributed by atoms with E-state index in [1.54, 1.807) is 36.7 Å². The molecule has 0 bridgehead atoms. The SMILES string of the molecule is Cc1cnc2nc(-c3cc(NC(=O)c4ccc(N5CCOCC5)cn4)ccc3Cl)[nH]c2c1. The van der Waals surface area contributed by atoms with Crippen LogP contribution in [-0.2, 0) is 4.74 Å². The lowest BCUT2D eigenvalue weighted by molar-refractivity contribution is 0.102. The Balaban J connectivity index is 1.35. The highest BCUT2D eigenvalue weighted by atomic mass is 35.5. The van der Waals surface area contributed by atoms with E-state index in [2.05, 4.69) is 30.2 Å². The van der Waals surface area contributed by atoms with Crippen molar-refractivity contribution in [3.63, 3.8) is 0 Å². The van der Waals surface area contributed by atoms with Crippen molar-refractivity contribution in [2.45, 2.75) is 6.92 Å². The summed E-state index contributed by atoms with van der Waals surface area (Å²) in [6, 6.07) is 10.9. The minimum atomic E-state index is -0.298. The highest BCUT2D eigenvalue weighted by Crippen LogP contribution is 2.30. The molecule has 0 aliphatic carbocycles. The first-order chi connectivity index (χ1) is 15.6. The number of carbonyl (C=O) groups excluding carboxylic acids is 1. The van der Waals surface area contributed by atoms with E-state index >= 15 is 0 Å². The number of benzene rings is 1. The average Bonchev–Trinajstić information content (AvgIpc) is 3.24. The van der Waals surface area contributed by atoms with Crippen molar-refractivity contribution in [2.24, 2.45) is 0 Å². The Kier molecular flexibility index (Phi) is 5.46. The number of imidazole rings is 1. The van der Waals surface area contributed by atoms with Crippen molar-refractivity contribution in [1.82, 2.24) is 19.9 Å². The van der Waals surface area contributed by atoms with Crippen LogP contribution in [-0.4, -0.2) is 52.1 Å². The van der Waals surface area contributed by atoms with Crippen LogP contribution in [0.25, 0.3) is 22.6 Å². The second kappa shape index (κ2) is 8.57. The zero-order valence-electron chi connectivity index (χ0n) is 17.4. The average molecular weight is 449 g/mol. The maximum atomic E-state index is 12.7. The molecule has 0 atom stereocenters. The lowest BCUT2D eigenvalue weighted by atomic mass is 10.2. The summed E-state index contributed by atoms with van der Waals surface area (Å²) in [4.78, 5) is 31.4. The molecule has 162 valence electrons. The Morgan fingerprint density at radius 3 is 2.75 bits per heavy atom. The number of morpholine rings is 1. The van der Waals surface area contributed by atoms with Gasteiger partial charge in [0.2, 0.25) is 0 Å². The fourth-order valence-electron chi connectivity index (χ4n) is 3.64. The van der Waals surface area contributed by atoms with E-state index < -0.39 is 0 Å². The lowest BCUT2D eigenvalue weighted by Gasteiger charge is -2.28. The maximum Gasteiger partial charge on any atom is 0.274 e. The quantitative estimate of drug-likeness (QED) is 0.488. The summed E-state index contributed by atoms with van der Waals surface area (Å²) in [5.41, 5.74) is 5.06. The van der Waals surface area contributed by atoms with Gasteiger partial charge in [-0.2, -0.15) is 0 Å². The fraction of sp³-hybridized carbons (Fsp3) is 0.217. The Hall–Kier alpha value is -3.49. The first-order valence-electron chi connectivity index (χ1n) is 10.3. The zero-order chi connectivity index (χ0) is 22.1. The topological polar surface area (TPSA) is 96.0 Å². The van der Waals surface area contributed by atoms with Gasteiger partial charge in [-0.15, -0.1) is 0 Å². The number of halogens is 1. The number of nitrogens with one attached hydrogen (secondary N) is 2. The Labute approximate surface area is 189 Å². The van der Waals surface area contributed by atoms with Crippen LogP contribution in [0, 0.1) is 6.92 Å². The summed E-state index contributed by atoms with van der Waals surface area (Å²) in [6.45, 7) is 5.00. The van der Waals surface area contributed by atoms with Gasteiger partial charge in [0.05, 0.1) is 35.6 Å². The zero-order valence-corrected chi connectivity index (χ0v) is 18.2. The van der Waals surface area contributed by atoms with Gasteiger partial charge in [0.15, 0.2) is 5.65 Å².